The summed E-state index contributed by atoms with van der Waals surface area (Å²) in [7, 11) is 1.67. The lowest BCUT2D eigenvalue weighted by molar-refractivity contribution is -0.130. The number of carbonyl (C=O) groups is 2. The average Bonchev–Trinajstić information content (AvgIpc) is 3.06. The molecule has 2 fully saturated rings. The fourth-order valence-electron chi connectivity index (χ4n) is 5.83. The first-order chi connectivity index (χ1) is 15.5. The van der Waals surface area contributed by atoms with Crippen molar-refractivity contribution in [3.63, 3.8) is 0 Å². The van der Waals surface area contributed by atoms with Crippen LogP contribution in [0.3, 0.4) is 0 Å². The van der Waals surface area contributed by atoms with Gasteiger partial charge in [-0.1, -0.05) is 63.5 Å². The largest absolute Gasteiger partial charge is 0.369 e. The highest BCUT2D eigenvalue weighted by molar-refractivity contribution is 6.07. The SMILES string of the molecule is CN1C(=O)[C@@](CCC2CCCCC2)(CNC(=O)C2=CC=CCN2C2CCCCC2)N=C1N. The summed E-state index contributed by atoms with van der Waals surface area (Å²) >= 11 is 0. The van der Waals surface area contributed by atoms with Crippen LogP contribution in [0, 0.1) is 5.92 Å². The number of hydrogen-bond donors (Lipinski definition) is 2. The Bertz CT molecular complexity index is 792. The predicted octanol–water partition coefficient (Wildman–Crippen LogP) is 3.08. The monoisotopic (exact) mass is 441 g/mol. The number of hydrogen-bond acceptors (Lipinski definition) is 5. The highest BCUT2D eigenvalue weighted by Gasteiger charge is 2.47. The molecule has 7 heteroatoms. The summed E-state index contributed by atoms with van der Waals surface area (Å²) in [5, 5.41) is 3.07. The molecule has 2 aliphatic carbocycles. The topological polar surface area (TPSA) is 91.0 Å². The molecule has 7 nitrogen and oxygen atoms in total. The van der Waals surface area contributed by atoms with Crippen LogP contribution < -0.4 is 11.1 Å². The highest BCUT2D eigenvalue weighted by Crippen LogP contribution is 2.33. The number of nitrogens with one attached hydrogen (secondary N) is 1. The minimum atomic E-state index is -0.979. The normalized spacial score (nSPS) is 27.5. The molecule has 2 amide bonds. The van der Waals surface area contributed by atoms with Gasteiger partial charge in [-0.3, -0.25) is 14.5 Å². The quantitative estimate of drug-likeness (QED) is 0.635. The van der Waals surface area contributed by atoms with Crippen LogP contribution in [0.5, 0.6) is 0 Å². The van der Waals surface area contributed by atoms with Crippen LogP contribution in [0.1, 0.15) is 77.0 Å². The molecule has 3 N–H and O–H groups in total. The van der Waals surface area contributed by atoms with Gasteiger partial charge in [-0.2, -0.15) is 0 Å². The van der Waals surface area contributed by atoms with Crippen LogP contribution >= 0.6 is 0 Å². The number of aliphatic imine (C=N–C) groups is 1. The number of nitrogens with two attached hydrogens (primary N) is 1. The molecule has 0 bridgehead atoms. The molecule has 0 aromatic carbocycles. The van der Waals surface area contributed by atoms with Crippen LogP contribution in [-0.4, -0.2) is 59.3 Å². The van der Waals surface area contributed by atoms with Gasteiger partial charge in [-0.25, -0.2) is 4.99 Å². The van der Waals surface area contributed by atoms with E-state index < -0.39 is 5.54 Å². The van der Waals surface area contributed by atoms with Gasteiger partial charge >= 0.3 is 0 Å². The second-order valence-electron chi connectivity index (χ2n) is 10.0. The Morgan fingerprint density at radius 2 is 1.84 bits per heavy atom. The summed E-state index contributed by atoms with van der Waals surface area (Å²) in [4.78, 5) is 34.7. The first-order valence-electron chi connectivity index (χ1n) is 12.6. The van der Waals surface area contributed by atoms with E-state index in [0.717, 1.165) is 25.8 Å². The number of rotatable bonds is 7. The second kappa shape index (κ2) is 10.1. The van der Waals surface area contributed by atoms with E-state index in [9.17, 15) is 9.59 Å². The number of guanidine groups is 1. The zero-order valence-electron chi connectivity index (χ0n) is 19.5. The molecule has 2 saturated carbocycles. The lowest BCUT2D eigenvalue weighted by Crippen LogP contribution is -2.51. The van der Waals surface area contributed by atoms with Gasteiger partial charge in [0.25, 0.3) is 11.8 Å². The maximum absolute atomic E-state index is 13.3. The Morgan fingerprint density at radius 1 is 1.16 bits per heavy atom. The van der Waals surface area contributed by atoms with Crippen molar-refractivity contribution in [2.75, 3.05) is 20.1 Å². The van der Waals surface area contributed by atoms with E-state index in [4.69, 9.17) is 5.73 Å². The Morgan fingerprint density at radius 3 is 2.50 bits per heavy atom. The third kappa shape index (κ3) is 4.86. The van der Waals surface area contributed by atoms with Crippen LogP contribution in [-0.2, 0) is 9.59 Å². The molecule has 0 aromatic heterocycles. The smallest absolute Gasteiger partial charge is 0.267 e. The third-order valence-electron chi connectivity index (χ3n) is 7.86. The molecule has 0 spiro atoms. The highest BCUT2D eigenvalue weighted by atomic mass is 16.2. The predicted molar refractivity (Wildman–Crippen MR) is 127 cm³/mol. The molecule has 4 aliphatic rings. The van der Waals surface area contributed by atoms with E-state index in [2.05, 4.69) is 21.3 Å². The number of allylic oxidation sites excluding steroid dienone is 2. The zero-order valence-corrected chi connectivity index (χ0v) is 19.5. The van der Waals surface area contributed by atoms with Crippen molar-refractivity contribution in [2.45, 2.75) is 88.6 Å². The summed E-state index contributed by atoms with van der Waals surface area (Å²) in [6, 6.07) is 0.416. The first kappa shape index (κ1) is 22.9. The van der Waals surface area contributed by atoms with Crippen molar-refractivity contribution >= 4 is 17.8 Å². The molecule has 32 heavy (non-hydrogen) atoms. The van der Waals surface area contributed by atoms with Gasteiger partial charge in [0.2, 0.25) is 0 Å². The summed E-state index contributed by atoms with van der Waals surface area (Å²) < 4.78 is 0. The fourth-order valence-corrected chi connectivity index (χ4v) is 5.83. The summed E-state index contributed by atoms with van der Waals surface area (Å²) in [5.41, 5.74) is 5.76. The van der Waals surface area contributed by atoms with E-state index in [-0.39, 0.29) is 24.3 Å². The molecule has 0 radical (unpaired) electrons. The Balaban J connectivity index is 1.44. The molecule has 0 saturated heterocycles. The van der Waals surface area contributed by atoms with Gasteiger partial charge in [0.05, 0.1) is 6.54 Å². The third-order valence-corrected chi connectivity index (χ3v) is 7.86. The minimum Gasteiger partial charge on any atom is -0.369 e. The first-order valence-corrected chi connectivity index (χ1v) is 12.6. The molecule has 2 heterocycles. The number of amides is 2. The number of nitrogens with zero attached hydrogens (tertiary/aromatic N) is 3. The average molecular weight is 442 g/mol. The maximum Gasteiger partial charge on any atom is 0.267 e. The van der Waals surface area contributed by atoms with Crippen molar-refractivity contribution in [1.82, 2.24) is 15.1 Å². The molecule has 0 unspecified atom stereocenters. The second-order valence-corrected chi connectivity index (χ2v) is 10.0. The van der Waals surface area contributed by atoms with Crippen molar-refractivity contribution in [3.8, 4) is 0 Å². The van der Waals surface area contributed by atoms with Gasteiger partial charge in [0.1, 0.15) is 5.70 Å². The minimum absolute atomic E-state index is 0.104. The molecule has 176 valence electrons. The molecular weight excluding hydrogens is 402 g/mol. The summed E-state index contributed by atoms with van der Waals surface area (Å²) in [6.07, 6.45) is 19.8. The lowest BCUT2D eigenvalue weighted by atomic mass is 9.82. The molecule has 0 aromatic rings. The van der Waals surface area contributed by atoms with Crippen LogP contribution in [0.25, 0.3) is 0 Å². The van der Waals surface area contributed by atoms with E-state index in [1.807, 2.05) is 12.2 Å². The van der Waals surface area contributed by atoms with Gasteiger partial charge in [0, 0.05) is 19.6 Å². The fraction of sp³-hybridized carbons (Fsp3) is 0.720. The zero-order chi connectivity index (χ0) is 22.6. The van der Waals surface area contributed by atoms with E-state index in [0.29, 0.717) is 24.1 Å². The standard InChI is InChI=1S/C25H39N5O2/c1-29-23(32)25(28-24(29)26,16-15-19-10-4-2-5-11-19)18-27-22(31)21-14-8-9-17-30(21)20-12-6-3-7-13-20/h8-9,14,19-20H,2-7,10-13,15-18H2,1H3,(H2,26,28)(H,27,31)/t25-/m1/s1. The van der Waals surface area contributed by atoms with Gasteiger partial charge < -0.3 is 16.0 Å². The summed E-state index contributed by atoms with van der Waals surface area (Å²) in [5.74, 6) is 0.664. The van der Waals surface area contributed by atoms with E-state index in [1.54, 1.807) is 7.05 Å². The van der Waals surface area contributed by atoms with Crippen molar-refractivity contribution in [2.24, 2.45) is 16.6 Å². The Labute approximate surface area is 192 Å². The van der Waals surface area contributed by atoms with Gasteiger partial charge in [-0.05, 0) is 37.7 Å². The van der Waals surface area contributed by atoms with E-state index in [1.165, 1.54) is 56.3 Å². The maximum atomic E-state index is 13.3. The van der Waals surface area contributed by atoms with Gasteiger partial charge in [-0.15, -0.1) is 0 Å². The number of likely N-dealkylation sites (N-methyl/N-ethyl adjacent to an activating group) is 1. The van der Waals surface area contributed by atoms with Gasteiger partial charge in [0.15, 0.2) is 11.5 Å². The number of carbonyl (C=O) groups excluding carboxylic acids is 2. The van der Waals surface area contributed by atoms with Crippen LogP contribution in [0.2, 0.25) is 0 Å². The lowest BCUT2D eigenvalue weighted by Gasteiger charge is -2.37. The van der Waals surface area contributed by atoms with Crippen LogP contribution in [0.15, 0.2) is 28.9 Å². The molecule has 1 atom stereocenters. The van der Waals surface area contributed by atoms with E-state index >= 15 is 0 Å². The van der Waals surface area contributed by atoms with Crippen molar-refractivity contribution in [3.05, 3.63) is 23.9 Å². The molecule has 2 aliphatic heterocycles. The Hall–Kier alpha value is -2.31. The molecule has 4 rings (SSSR count). The van der Waals surface area contributed by atoms with Crippen molar-refractivity contribution < 1.29 is 9.59 Å². The molecular formula is C25H39N5O2. The summed E-state index contributed by atoms with van der Waals surface area (Å²) in [6.45, 7) is 0.964. The van der Waals surface area contributed by atoms with Crippen LogP contribution in [0.4, 0.5) is 0 Å². The van der Waals surface area contributed by atoms with Crippen molar-refractivity contribution in [1.29, 1.82) is 0 Å². The Kier molecular flexibility index (Phi) is 7.21.